The molecule has 2 aliphatic heterocycles. The van der Waals surface area contributed by atoms with E-state index in [1.54, 1.807) is 27.9 Å². The van der Waals surface area contributed by atoms with Crippen molar-refractivity contribution in [2.75, 3.05) is 7.11 Å². The van der Waals surface area contributed by atoms with Crippen molar-refractivity contribution in [1.29, 1.82) is 0 Å². The Hall–Kier alpha value is -0.240. The fourth-order valence-corrected chi connectivity index (χ4v) is 2.86. The Bertz CT molecular complexity index is 411. The van der Waals surface area contributed by atoms with Crippen molar-refractivity contribution in [3.63, 3.8) is 0 Å². The number of ether oxygens (including phenoxy) is 4. The van der Waals surface area contributed by atoms with Gasteiger partial charge in [-0.25, -0.2) is 0 Å². The molecule has 6 nitrogen and oxygen atoms in total. The van der Waals surface area contributed by atoms with Gasteiger partial charge in [0.15, 0.2) is 12.1 Å². The molecular formula is C16H29ClO6. The maximum atomic E-state index is 9.97. The van der Waals surface area contributed by atoms with Crippen LogP contribution in [0.2, 0.25) is 0 Å². The Morgan fingerprint density at radius 2 is 1.78 bits per heavy atom. The van der Waals surface area contributed by atoms with Crippen LogP contribution < -0.4 is 0 Å². The maximum Gasteiger partial charge on any atom is 0.224 e. The van der Waals surface area contributed by atoms with Gasteiger partial charge in [0, 0.05) is 13.0 Å². The van der Waals surface area contributed by atoms with Gasteiger partial charge in [0.1, 0.15) is 17.8 Å². The number of rotatable bonds is 4. The molecule has 1 N–H and O–H groups in total. The summed E-state index contributed by atoms with van der Waals surface area (Å²) in [4.78, 5) is 9.91. The van der Waals surface area contributed by atoms with E-state index in [1.165, 1.54) is 0 Å². The van der Waals surface area contributed by atoms with Crippen LogP contribution in [0, 0.1) is 5.92 Å². The van der Waals surface area contributed by atoms with E-state index in [0.29, 0.717) is 6.42 Å². The first-order valence-corrected chi connectivity index (χ1v) is 8.32. The van der Waals surface area contributed by atoms with Gasteiger partial charge < -0.3 is 24.1 Å². The van der Waals surface area contributed by atoms with Gasteiger partial charge in [0.2, 0.25) is 5.24 Å². The average Bonchev–Trinajstić information content (AvgIpc) is 2.87. The summed E-state index contributed by atoms with van der Waals surface area (Å²) in [5.74, 6) is -0.684. The van der Waals surface area contributed by atoms with Crippen molar-refractivity contribution in [2.45, 2.75) is 84.0 Å². The van der Waals surface area contributed by atoms with Gasteiger partial charge in [-0.2, -0.15) is 0 Å². The molecule has 136 valence electrons. The van der Waals surface area contributed by atoms with Crippen molar-refractivity contribution in [1.82, 2.24) is 0 Å². The van der Waals surface area contributed by atoms with Gasteiger partial charge in [-0.3, -0.25) is 4.79 Å². The molecule has 2 heterocycles. The van der Waals surface area contributed by atoms with Gasteiger partial charge in [-0.1, -0.05) is 20.8 Å². The van der Waals surface area contributed by atoms with Gasteiger partial charge in [-0.05, 0) is 38.8 Å². The van der Waals surface area contributed by atoms with E-state index in [9.17, 15) is 9.90 Å². The first-order chi connectivity index (χ1) is 10.5. The minimum atomic E-state index is -0.749. The van der Waals surface area contributed by atoms with Crippen LogP contribution in [0.4, 0.5) is 0 Å². The highest BCUT2D eigenvalue weighted by molar-refractivity contribution is 6.63. The molecule has 5 atom stereocenters. The molecule has 0 aliphatic carbocycles. The van der Waals surface area contributed by atoms with Crippen molar-refractivity contribution in [3.8, 4) is 0 Å². The first-order valence-electron chi connectivity index (χ1n) is 7.94. The van der Waals surface area contributed by atoms with Crippen molar-refractivity contribution in [2.24, 2.45) is 5.92 Å². The number of carbonyl (C=O) groups is 1. The van der Waals surface area contributed by atoms with Crippen LogP contribution in [0.5, 0.6) is 0 Å². The zero-order chi connectivity index (χ0) is 18.0. The molecule has 23 heavy (non-hydrogen) atoms. The molecule has 2 saturated heterocycles. The van der Waals surface area contributed by atoms with Crippen LogP contribution in [0.3, 0.4) is 0 Å². The van der Waals surface area contributed by atoms with Crippen LogP contribution in [-0.2, 0) is 23.7 Å². The molecule has 0 aromatic rings. The summed E-state index contributed by atoms with van der Waals surface area (Å²) in [6.45, 7) is 10.9. The SMILES string of the molecule is CC(C)C(=O)Cl.CC[C@]1([C@@H](C)O)O[C@@H]2OC(C)(C)O[C@@H]2[C@@H]1OC. The Morgan fingerprint density at radius 1 is 1.26 bits per heavy atom. The molecule has 7 heteroatoms. The van der Waals surface area contributed by atoms with Gasteiger partial charge >= 0.3 is 0 Å². The van der Waals surface area contributed by atoms with Crippen LogP contribution in [-0.4, -0.2) is 53.4 Å². The lowest BCUT2D eigenvalue weighted by Crippen LogP contribution is -2.52. The number of fused-ring (bicyclic) bond motifs is 1. The predicted octanol–water partition coefficient (Wildman–Crippen LogP) is 2.45. The average molecular weight is 353 g/mol. The molecule has 0 saturated carbocycles. The number of aliphatic hydroxyl groups is 1. The maximum absolute atomic E-state index is 9.97. The van der Waals surface area contributed by atoms with Gasteiger partial charge in [0.25, 0.3) is 0 Å². The largest absolute Gasteiger partial charge is 0.390 e. The zero-order valence-electron chi connectivity index (χ0n) is 15.0. The Kier molecular flexibility index (Phi) is 7.02. The molecule has 0 unspecified atom stereocenters. The fraction of sp³-hybridized carbons (Fsp3) is 0.938. The third-order valence-electron chi connectivity index (χ3n) is 4.17. The third-order valence-corrected chi connectivity index (χ3v) is 4.61. The number of methoxy groups -OCH3 is 1. The lowest BCUT2D eigenvalue weighted by molar-refractivity contribution is -0.259. The highest BCUT2D eigenvalue weighted by atomic mass is 35.5. The second-order valence-electron chi connectivity index (χ2n) is 6.69. The normalized spacial score (nSPS) is 36.3. The molecule has 0 aromatic heterocycles. The summed E-state index contributed by atoms with van der Waals surface area (Å²) in [5, 5.41) is 9.70. The number of carbonyl (C=O) groups excluding carboxylic acids is 1. The summed E-state index contributed by atoms with van der Waals surface area (Å²) in [6, 6.07) is 0. The van der Waals surface area contributed by atoms with E-state index in [-0.39, 0.29) is 23.4 Å². The lowest BCUT2D eigenvalue weighted by Gasteiger charge is -2.37. The van der Waals surface area contributed by atoms with Crippen molar-refractivity contribution < 1.29 is 28.8 Å². The third kappa shape index (κ3) is 4.44. The predicted molar refractivity (Wildman–Crippen MR) is 86.1 cm³/mol. The molecule has 2 aliphatic rings. The van der Waals surface area contributed by atoms with E-state index >= 15 is 0 Å². The summed E-state index contributed by atoms with van der Waals surface area (Å²) in [7, 11) is 1.61. The summed E-state index contributed by atoms with van der Waals surface area (Å²) < 4.78 is 22.9. The molecule has 0 spiro atoms. The molecule has 0 aromatic carbocycles. The first kappa shape index (κ1) is 20.8. The van der Waals surface area contributed by atoms with Crippen molar-refractivity contribution >= 4 is 16.8 Å². The fourth-order valence-electron chi connectivity index (χ4n) is 2.86. The van der Waals surface area contributed by atoms with E-state index in [4.69, 9.17) is 30.5 Å². The minimum Gasteiger partial charge on any atom is -0.390 e. The Balaban J connectivity index is 0.000000379. The number of hydrogen-bond donors (Lipinski definition) is 1. The topological polar surface area (TPSA) is 74.2 Å². The van der Waals surface area contributed by atoms with Gasteiger partial charge in [-0.15, -0.1) is 0 Å². The van der Waals surface area contributed by atoms with E-state index < -0.39 is 23.8 Å². The quantitative estimate of drug-likeness (QED) is 0.783. The summed E-state index contributed by atoms with van der Waals surface area (Å²) >= 11 is 4.97. The number of hydrogen-bond acceptors (Lipinski definition) is 6. The smallest absolute Gasteiger partial charge is 0.224 e. The van der Waals surface area contributed by atoms with E-state index in [1.807, 2.05) is 20.8 Å². The molecule has 0 radical (unpaired) electrons. The molecule has 2 rings (SSSR count). The van der Waals surface area contributed by atoms with E-state index in [0.717, 1.165) is 0 Å². The molecular weight excluding hydrogens is 324 g/mol. The highest BCUT2D eigenvalue weighted by Gasteiger charge is 2.63. The highest BCUT2D eigenvalue weighted by Crippen LogP contribution is 2.46. The van der Waals surface area contributed by atoms with Gasteiger partial charge in [0.05, 0.1) is 6.10 Å². The monoisotopic (exact) mass is 352 g/mol. The second kappa shape index (κ2) is 7.76. The molecule has 0 bridgehead atoms. The summed E-state index contributed by atoms with van der Waals surface area (Å²) in [6.07, 6.45) is -1.07. The van der Waals surface area contributed by atoms with Crippen LogP contribution in [0.15, 0.2) is 0 Å². The standard InChI is InChI=1S/C12H22O5.C4H7ClO/c1-6-12(7(2)13)9(14-5)8-10(17-12)16-11(3,4)15-8;1-3(2)4(5)6/h7-10,13H,6H2,1-5H3;3H,1-2H3/t7-,8-,9+,10+,12-;/m1./s1. The second-order valence-corrected chi connectivity index (χ2v) is 7.06. The molecule has 0 amide bonds. The Morgan fingerprint density at radius 3 is 2.13 bits per heavy atom. The minimum absolute atomic E-state index is 0.0216. The van der Waals surface area contributed by atoms with Crippen LogP contribution in [0.25, 0.3) is 0 Å². The number of halogens is 1. The Labute approximate surface area is 143 Å². The lowest BCUT2D eigenvalue weighted by atomic mass is 9.87. The van der Waals surface area contributed by atoms with Crippen LogP contribution >= 0.6 is 11.6 Å². The van der Waals surface area contributed by atoms with E-state index in [2.05, 4.69) is 0 Å². The molecule has 2 fully saturated rings. The summed E-state index contributed by atoms with van der Waals surface area (Å²) in [5.41, 5.74) is -0.749. The van der Waals surface area contributed by atoms with Crippen molar-refractivity contribution in [3.05, 3.63) is 0 Å². The number of aliphatic hydroxyl groups excluding tert-OH is 1. The zero-order valence-corrected chi connectivity index (χ0v) is 15.7. The van der Waals surface area contributed by atoms with Crippen LogP contribution in [0.1, 0.15) is 48.0 Å².